The minimum atomic E-state index is -1.02. The van der Waals surface area contributed by atoms with E-state index in [9.17, 15) is 4.57 Å². The first-order chi connectivity index (χ1) is 10.9. The standard InChI is InChI=1S/C14H19NO.C5H12OPS/c1-10-7-5-6-8-11(10)13-15-12(9-16-13)14(2,3)4;1-5(2,3)8-7(4)6/h5-8,12H,9H2,1-4H3;1-4H3/q;+1/t12-;/m1./s1. The number of aryl methyl sites for hydroxylation is 1. The Morgan fingerprint density at radius 2 is 1.75 bits per heavy atom. The third-order valence-electron chi connectivity index (χ3n) is 3.43. The topological polar surface area (TPSA) is 38.7 Å². The Balaban J connectivity index is 0.000000307. The van der Waals surface area contributed by atoms with Crippen LogP contribution in [0.3, 0.4) is 0 Å². The lowest BCUT2D eigenvalue weighted by molar-refractivity contribution is 0.236. The molecule has 3 nitrogen and oxygen atoms in total. The van der Waals surface area contributed by atoms with Crippen LogP contribution in [0.1, 0.15) is 52.7 Å². The molecule has 2 rings (SSSR count). The van der Waals surface area contributed by atoms with E-state index < -0.39 is 7.00 Å². The van der Waals surface area contributed by atoms with Crippen LogP contribution in [0.25, 0.3) is 0 Å². The molecule has 1 aliphatic rings. The molecule has 24 heavy (non-hydrogen) atoms. The van der Waals surface area contributed by atoms with Gasteiger partial charge in [0.1, 0.15) is 24.7 Å². The van der Waals surface area contributed by atoms with Crippen LogP contribution < -0.4 is 0 Å². The van der Waals surface area contributed by atoms with Crippen LogP contribution in [0.2, 0.25) is 0 Å². The number of aliphatic imine (C=N–C) groups is 1. The fourth-order valence-corrected chi connectivity index (χ4v) is 5.25. The summed E-state index contributed by atoms with van der Waals surface area (Å²) in [6.07, 6.45) is 0. The quantitative estimate of drug-likeness (QED) is 0.594. The summed E-state index contributed by atoms with van der Waals surface area (Å²) in [5.41, 5.74) is 2.51. The SMILES string of the molecule is C[P+](=O)SC(C)(C)C.Cc1ccccc1C1=N[C@@H](C(C)(C)C)CO1. The van der Waals surface area contributed by atoms with Gasteiger partial charge < -0.3 is 4.74 Å². The Labute approximate surface area is 152 Å². The molecule has 0 amide bonds. The second kappa shape index (κ2) is 8.49. The van der Waals surface area contributed by atoms with Gasteiger partial charge in [-0.2, -0.15) is 0 Å². The monoisotopic (exact) mass is 368 g/mol. The number of hydrogen-bond donors (Lipinski definition) is 0. The van der Waals surface area contributed by atoms with Crippen molar-refractivity contribution in [2.45, 2.75) is 59.3 Å². The van der Waals surface area contributed by atoms with E-state index in [-0.39, 0.29) is 16.2 Å². The highest BCUT2D eigenvalue weighted by atomic mass is 32.7. The Kier molecular flexibility index (Phi) is 7.49. The lowest BCUT2D eigenvalue weighted by Crippen LogP contribution is -2.25. The molecule has 0 fully saturated rings. The predicted octanol–water partition coefficient (Wildman–Crippen LogP) is 6.08. The summed E-state index contributed by atoms with van der Waals surface area (Å²) in [7, 11) is -1.02. The van der Waals surface area contributed by atoms with Crippen molar-refractivity contribution in [3.63, 3.8) is 0 Å². The molecule has 0 saturated carbocycles. The van der Waals surface area contributed by atoms with Crippen molar-refractivity contribution in [2.24, 2.45) is 10.4 Å². The third-order valence-corrected chi connectivity index (χ3v) is 6.65. The van der Waals surface area contributed by atoms with Crippen molar-refractivity contribution in [3.05, 3.63) is 35.4 Å². The number of hydrogen-bond acceptors (Lipinski definition) is 4. The van der Waals surface area contributed by atoms with Gasteiger partial charge >= 0.3 is 7.00 Å². The molecular weight excluding hydrogens is 337 g/mol. The highest BCUT2D eigenvalue weighted by Crippen LogP contribution is 2.43. The van der Waals surface area contributed by atoms with Gasteiger partial charge in [-0.3, -0.25) is 0 Å². The van der Waals surface area contributed by atoms with E-state index in [1.54, 1.807) is 6.66 Å². The molecule has 0 saturated heterocycles. The van der Waals surface area contributed by atoms with Gasteiger partial charge in [0.2, 0.25) is 5.90 Å². The van der Waals surface area contributed by atoms with Gasteiger partial charge in [-0.05, 0) is 44.7 Å². The molecule has 0 aromatic heterocycles. The summed E-state index contributed by atoms with van der Waals surface area (Å²) < 4.78 is 16.4. The number of nitrogens with zero attached hydrogens (tertiary/aromatic N) is 1. The average Bonchev–Trinajstić information content (AvgIpc) is 2.86. The van der Waals surface area contributed by atoms with E-state index in [0.29, 0.717) is 6.61 Å². The van der Waals surface area contributed by atoms with Crippen molar-refractivity contribution in [1.29, 1.82) is 0 Å². The molecule has 1 unspecified atom stereocenters. The van der Waals surface area contributed by atoms with E-state index in [1.807, 2.05) is 12.1 Å². The number of rotatable bonds is 2. The van der Waals surface area contributed by atoms with Crippen LogP contribution in [-0.4, -0.2) is 30.0 Å². The molecule has 2 atom stereocenters. The predicted molar refractivity (Wildman–Crippen MR) is 108 cm³/mol. The van der Waals surface area contributed by atoms with E-state index in [2.05, 4.69) is 65.6 Å². The normalized spacial score (nSPS) is 18.2. The van der Waals surface area contributed by atoms with Gasteiger partial charge in [0.25, 0.3) is 0 Å². The average molecular weight is 369 g/mol. The van der Waals surface area contributed by atoms with E-state index in [4.69, 9.17) is 4.74 Å². The first-order valence-electron chi connectivity index (χ1n) is 8.27. The van der Waals surface area contributed by atoms with Gasteiger partial charge in [-0.1, -0.05) is 43.5 Å². The molecule has 1 heterocycles. The first kappa shape index (κ1) is 21.2. The first-order valence-corrected chi connectivity index (χ1v) is 11.4. The fourth-order valence-electron chi connectivity index (χ4n) is 2.16. The molecule has 0 aliphatic carbocycles. The van der Waals surface area contributed by atoms with Crippen LogP contribution in [-0.2, 0) is 9.30 Å². The van der Waals surface area contributed by atoms with E-state index in [1.165, 1.54) is 16.9 Å². The summed E-state index contributed by atoms with van der Waals surface area (Å²) in [5, 5.41) is 0. The van der Waals surface area contributed by atoms with Gasteiger partial charge in [0.05, 0.1) is 10.8 Å². The lowest BCUT2D eigenvalue weighted by Gasteiger charge is -2.21. The van der Waals surface area contributed by atoms with Crippen molar-refractivity contribution >= 4 is 24.3 Å². The highest BCUT2D eigenvalue weighted by Gasteiger charge is 2.30. The Morgan fingerprint density at radius 1 is 1.17 bits per heavy atom. The third kappa shape index (κ3) is 7.36. The minimum absolute atomic E-state index is 0.155. The maximum absolute atomic E-state index is 10.6. The van der Waals surface area contributed by atoms with Crippen LogP contribution in [0, 0.1) is 12.3 Å². The fraction of sp³-hybridized carbons (Fsp3) is 0.632. The maximum Gasteiger partial charge on any atom is 0.407 e. The van der Waals surface area contributed by atoms with Crippen LogP contribution in [0.4, 0.5) is 0 Å². The summed E-state index contributed by atoms with van der Waals surface area (Å²) in [5.74, 6) is 0.804. The Morgan fingerprint density at radius 3 is 2.12 bits per heavy atom. The molecular formula is C19H31NO2PS+. The Hall–Kier alpha value is -0.860. The van der Waals surface area contributed by atoms with Gasteiger partial charge in [-0.25, -0.2) is 4.99 Å². The second-order valence-corrected chi connectivity index (χ2v) is 12.5. The number of ether oxygens (including phenoxy) is 1. The summed E-state index contributed by atoms with van der Waals surface area (Å²) in [6.45, 7) is 17.3. The zero-order valence-corrected chi connectivity index (χ0v) is 17.9. The zero-order valence-electron chi connectivity index (χ0n) is 16.2. The van der Waals surface area contributed by atoms with Crippen molar-refractivity contribution in [3.8, 4) is 0 Å². The van der Waals surface area contributed by atoms with Crippen LogP contribution >= 0.6 is 18.4 Å². The Bertz CT molecular complexity index is 600. The molecule has 1 aromatic rings. The van der Waals surface area contributed by atoms with Gasteiger partial charge in [0.15, 0.2) is 0 Å². The summed E-state index contributed by atoms with van der Waals surface area (Å²) in [4.78, 5) is 4.68. The molecule has 0 spiro atoms. The molecule has 0 bridgehead atoms. The van der Waals surface area contributed by atoms with Crippen LogP contribution in [0.15, 0.2) is 29.3 Å². The van der Waals surface area contributed by atoms with Crippen molar-refractivity contribution in [2.75, 3.05) is 13.3 Å². The molecule has 5 heteroatoms. The zero-order chi connectivity index (χ0) is 18.5. The van der Waals surface area contributed by atoms with Gasteiger partial charge in [0, 0.05) is 5.56 Å². The number of benzene rings is 1. The van der Waals surface area contributed by atoms with E-state index in [0.717, 1.165) is 11.5 Å². The molecule has 134 valence electrons. The molecule has 0 radical (unpaired) electrons. The molecule has 1 aromatic carbocycles. The maximum atomic E-state index is 10.6. The highest BCUT2D eigenvalue weighted by molar-refractivity contribution is 8.52. The lowest BCUT2D eigenvalue weighted by atomic mass is 9.88. The largest absolute Gasteiger partial charge is 0.475 e. The van der Waals surface area contributed by atoms with Gasteiger partial charge in [-0.15, -0.1) is 0 Å². The van der Waals surface area contributed by atoms with Crippen molar-refractivity contribution in [1.82, 2.24) is 0 Å². The smallest absolute Gasteiger partial charge is 0.407 e. The minimum Gasteiger partial charge on any atom is -0.475 e. The molecule has 0 N–H and O–H groups in total. The van der Waals surface area contributed by atoms with Crippen molar-refractivity contribution < 1.29 is 9.30 Å². The van der Waals surface area contributed by atoms with Crippen LogP contribution in [0.5, 0.6) is 0 Å². The molecule has 1 aliphatic heterocycles. The summed E-state index contributed by atoms with van der Waals surface area (Å²) >= 11 is 1.52. The summed E-state index contributed by atoms with van der Waals surface area (Å²) in [6, 6.07) is 8.49. The van der Waals surface area contributed by atoms with E-state index >= 15 is 0 Å². The second-order valence-electron chi connectivity index (χ2n) is 8.09.